The summed E-state index contributed by atoms with van der Waals surface area (Å²) < 4.78 is 65.9. The molecule has 0 aliphatic carbocycles. The molecular weight excluding hydrogens is 873 g/mol. The highest BCUT2D eigenvalue weighted by Gasteiger charge is 2.29. The zero-order valence-electron chi connectivity index (χ0n) is 37.5. The molecule has 6 heteroatoms. The van der Waals surface area contributed by atoms with Gasteiger partial charge in [-0.3, -0.25) is 0 Å². The second-order valence-corrected chi connectivity index (χ2v) is 17.3. The fourth-order valence-corrected chi connectivity index (χ4v) is 10.3. The van der Waals surface area contributed by atoms with Gasteiger partial charge in [-0.15, -0.1) is 0 Å². The molecule has 12 rings (SSSR count). The van der Waals surface area contributed by atoms with Crippen LogP contribution in [0, 0.1) is 23.3 Å². The van der Waals surface area contributed by atoms with E-state index in [1.165, 1.54) is 12.1 Å². The van der Waals surface area contributed by atoms with Crippen LogP contribution in [0.15, 0.2) is 243 Å². The van der Waals surface area contributed by atoms with Crippen LogP contribution in [0.4, 0.5) is 51.7 Å². The lowest BCUT2D eigenvalue weighted by molar-refractivity contribution is 0.584. The van der Waals surface area contributed by atoms with Gasteiger partial charge in [-0.25, -0.2) is 17.6 Å². The smallest absolute Gasteiger partial charge is 0.150 e. The van der Waals surface area contributed by atoms with Gasteiger partial charge in [0.25, 0.3) is 0 Å². The van der Waals surface area contributed by atoms with E-state index in [9.17, 15) is 0 Å². The van der Waals surface area contributed by atoms with E-state index >= 15 is 17.6 Å². The third kappa shape index (κ3) is 7.29. The Morgan fingerprint density at radius 3 is 0.986 bits per heavy atom. The highest BCUT2D eigenvalue weighted by atomic mass is 19.1. The van der Waals surface area contributed by atoms with E-state index in [-0.39, 0.29) is 11.4 Å². The number of hydrogen-bond acceptors (Lipinski definition) is 2. The van der Waals surface area contributed by atoms with Crippen molar-refractivity contribution >= 4 is 66.4 Å². The molecule has 12 aromatic carbocycles. The molecule has 12 aromatic rings. The molecule has 0 radical (unpaired) electrons. The minimum Gasteiger partial charge on any atom is -0.307 e. The first-order chi connectivity index (χ1) is 34.4. The molecule has 0 saturated carbocycles. The second kappa shape index (κ2) is 17.6. The maximum Gasteiger partial charge on any atom is 0.150 e. The van der Waals surface area contributed by atoms with Gasteiger partial charge in [-0.2, -0.15) is 0 Å². The van der Waals surface area contributed by atoms with E-state index in [4.69, 9.17) is 0 Å². The SMILES string of the molecule is Fc1cc(F)c(N(c2ccccc2)c2ccc3ccc4c(N(c5ccccc5)c5c(F)cc(F)cc5-c5ccccc5-c5ccccc5)ccc5ccc2c3c54)c(-c2ccccc2-c2ccccc2)c1. The van der Waals surface area contributed by atoms with Crippen molar-refractivity contribution in [3.8, 4) is 44.5 Å². The van der Waals surface area contributed by atoms with Crippen LogP contribution < -0.4 is 9.80 Å². The summed E-state index contributed by atoms with van der Waals surface area (Å²) in [6, 6.07) is 75.2. The maximum atomic E-state index is 17.2. The molecule has 0 heterocycles. The molecule has 0 amide bonds. The van der Waals surface area contributed by atoms with Gasteiger partial charge in [0.2, 0.25) is 0 Å². The summed E-state index contributed by atoms with van der Waals surface area (Å²) in [5.74, 6) is -2.83. The summed E-state index contributed by atoms with van der Waals surface area (Å²) in [5, 5.41) is 5.33. The van der Waals surface area contributed by atoms with Crippen LogP contribution in [-0.4, -0.2) is 0 Å². The summed E-state index contributed by atoms with van der Waals surface area (Å²) >= 11 is 0. The van der Waals surface area contributed by atoms with Crippen molar-refractivity contribution in [1.29, 1.82) is 0 Å². The monoisotopic (exact) mass is 912 g/mol. The predicted octanol–water partition coefficient (Wildman–Crippen LogP) is 18.7. The fraction of sp³-hybridized carbons (Fsp3) is 0. The van der Waals surface area contributed by atoms with Gasteiger partial charge >= 0.3 is 0 Å². The normalized spacial score (nSPS) is 11.4. The Morgan fingerprint density at radius 2 is 0.600 bits per heavy atom. The van der Waals surface area contributed by atoms with Gasteiger partial charge in [-0.05, 0) is 103 Å². The van der Waals surface area contributed by atoms with E-state index in [1.807, 2.05) is 204 Å². The van der Waals surface area contributed by atoms with Crippen molar-refractivity contribution in [2.75, 3.05) is 9.80 Å². The number of nitrogens with zero attached hydrogens (tertiary/aromatic N) is 2. The molecule has 0 N–H and O–H groups in total. The molecule has 0 spiro atoms. The van der Waals surface area contributed by atoms with E-state index in [0.29, 0.717) is 45.0 Å². The van der Waals surface area contributed by atoms with Crippen LogP contribution in [0.1, 0.15) is 0 Å². The molecule has 0 bridgehead atoms. The molecule has 334 valence electrons. The molecule has 2 nitrogen and oxygen atoms in total. The third-order valence-corrected chi connectivity index (χ3v) is 13.2. The van der Waals surface area contributed by atoms with Gasteiger partial charge in [0.05, 0.1) is 22.7 Å². The Labute approximate surface area is 402 Å². The van der Waals surface area contributed by atoms with Gasteiger partial charge in [-0.1, -0.05) is 182 Å². The molecule has 0 aromatic heterocycles. The molecule has 70 heavy (non-hydrogen) atoms. The number of anilines is 6. The summed E-state index contributed by atoms with van der Waals surface area (Å²) in [6.07, 6.45) is 0. The largest absolute Gasteiger partial charge is 0.307 e. The highest BCUT2D eigenvalue weighted by molar-refractivity contribution is 6.28. The molecular formula is C64H40F4N2. The average Bonchev–Trinajstić information content (AvgIpc) is 3.40. The number of benzene rings is 12. The van der Waals surface area contributed by atoms with Crippen LogP contribution in [0.3, 0.4) is 0 Å². The first-order valence-electron chi connectivity index (χ1n) is 23.1. The number of rotatable bonds is 10. The highest BCUT2D eigenvalue weighted by Crippen LogP contribution is 2.52. The van der Waals surface area contributed by atoms with Crippen molar-refractivity contribution in [3.05, 3.63) is 266 Å². The lowest BCUT2D eigenvalue weighted by atomic mass is 9.90. The Morgan fingerprint density at radius 1 is 0.271 bits per heavy atom. The van der Waals surface area contributed by atoms with Gasteiger partial charge in [0.1, 0.15) is 11.6 Å². The van der Waals surface area contributed by atoms with Crippen LogP contribution in [0.2, 0.25) is 0 Å². The van der Waals surface area contributed by atoms with E-state index in [1.54, 1.807) is 0 Å². The van der Waals surface area contributed by atoms with Crippen molar-refractivity contribution in [3.63, 3.8) is 0 Å². The second-order valence-electron chi connectivity index (χ2n) is 17.3. The third-order valence-electron chi connectivity index (χ3n) is 13.2. The Bertz CT molecular complexity index is 3620. The lowest BCUT2D eigenvalue weighted by Crippen LogP contribution is -2.15. The van der Waals surface area contributed by atoms with Crippen molar-refractivity contribution in [1.82, 2.24) is 0 Å². The van der Waals surface area contributed by atoms with Crippen LogP contribution in [0.5, 0.6) is 0 Å². The van der Waals surface area contributed by atoms with Gasteiger partial charge in [0, 0.05) is 45.4 Å². The Kier molecular flexibility index (Phi) is 10.6. The zero-order valence-corrected chi connectivity index (χ0v) is 37.5. The summed E-state index contributed by atoms with van der Waals surface area (Å²) in [7, 11) is 0. The molecule has 0 aliphatic rings. The molecule has 0 unspecified atom stereocenters. The minimum absolute atomic E-state index is 0.192. The standard InChI is InChI=1S/C64H40F4N2/c65-45-37-55(51-27-15-13-25-49(51)41-17-5-1-6-18-41)63(57(67)39-45)69(47-21-9-3-10-22-47)59-35-31-43-30-34-54-60(36-32-44-29-33-53(59)61(43)62(44)54)70(48-23-11-4-12-24-48)64-56(38-46(66)40-58(64)68)52-28-16-14-26-50(52)42-19-7-2-8-20-42/h1-40H. The molecule has 0 aliphatic heterocycles. The topological polar surface area (TPSA) is 6.48 Å². The van der Waals surface area contributed by atoms with Crippen molar-refractivity contribution in [2.24, 2.45) is 0 Å². The molecule has 0 atom stereocenters. The molecule has 0 saturated heterocycles. The molecule has 0 fully saturated rings. The lowest BCUT2D eigenvalue weighted by Gasteiger charge is -2.31. The average molecular weight is 913 g/mol. The van der Waals surface area contributed by atoms with Crippen LogP contribution >= 0.6 is 0 Å². The minimum atomic E-state index is -0.723. The number of hydrogen-bond donors (Lipinski definition) is 0. The number of halogens is 4. The van der Waals surface area contributed by atoms with Gasteiger partial charge in [0.15, 0.2) is 11.6 Å². The Balaban J connectivity index is 1.12. The van der Waals surface area contributed by atoms with E-state index < -0.39 is 23.3 Å². The zero-order chi connectivity index (χ0) is 47.3. The summed E-state index contributed by atoms with van der Waals surface area (Å²) in [6.45, 7) is 0. The Hall–Kier alpha value is -9.00. The van der Waals surface area contributed by atoms with Gasteiger partial charge < -0.3 is 9.80 Å². The first-order valence-corrected chi connectivity index (χ1v) is 23.1. The summed E-state index contributed by atoms with van der Waals surface area (Å²) in [5.41, 5.74) is 8.68. The summed E-state index contributed by atoms with van der Waals surface area (Å²) in [4.78, 5) is 3.78. The van der Waals surface area contributed by atoms with Crippen LogP contribution in [0.25, 0.3) is 76.8 Å². The first kappa shape index (κ1) is 42.4. The van der Waals surface area contributed by atoms with Crippen molar-refractivity contribution in [2.45, 2.75) is 0 Å². The fourth-order valence-electron chi connectivity index (χ4n) is 10.3. The number of para-hydroxylation sites is 2. The maximum absolute atomic E-state index is 17.2. The predicted molar refractivity (Wildman–Crippen MR) is 281 cm³/mol. The van der Waals surface area contributed by atoms with Crippen molar-refractivity contribution < 1.29 is 17.6 Å². The quantitative estimate of drug-likeness (QED) is 0.0996. The van der Waals surface area contributed by atoms with E-state index in [0.717, 1.165) is 66.7 Å². The van der Waals surface area contributed by atoms with E-state index in [2.05, 4.69) is 24.3 Å². The van der Waals surface area contributed by atoms with Crippen LogP contribution in [-0.2, 0) is 0 Å².